The monoisotopic (exact) mass is 526 g/mol. The maximum Gasteiger partial charge on any atom is 0.420 e. The predicted molar refractivity (Wildman–Crippen MR) is 127 cm³/mol. The van der Waals surface area contributed by atoms with Gasteiger partial charge in [0.25, 0.3) is 0 Å². The number of fused-ring (bicyclic) bond motifs is 1. The van der Waals surface area contributed by atoms with Crippen LogP contribution in [0.2, 0.25) is 0 Å². The molecule has 2 aliphatic heterocycles. The second-order valence-electron chi connectivity index (χ2n) is 10.3. The second-order valence-corrected chi connectivity index (χ2v) is 10.3. The Balaban J connectivity index is 1.28. The first-order chi connectivity index (χ1) is 17.7. The topological polar surface area (TPSA) is 59.5 Å². The van der Waals surface area contributed by atoms with Crippen molar-refractivity contribution >= 4 is 5.82 Å². The van der Waals surface area contributed by atoms with Crippen molar-refractivity contribution in [1.82, 2.24) is 15.1 Å². The number of benzene rings is 1. The molecule has 1 aromatic heterocycles. The summed E-state index contributed by atoms with van der Waals surface area (Å²) in [6, 6.07) is 2.15. The van der Waals surface area contributed by atoms with Gasteiger partial charge in [0.05, 0.1) is 12.3 Å². The Morgan fingerprint density at radius 3 is 2.38 bits per heavy atom. The van der Waals surface area contributed by atoms with Gasteiger partial charge in [-0.3, -0.25) is 0 Å². The lowest BCUT2D eigenvalue weighted by atomic mass is 10.00. The summed E-state index contributed by atoms with van der Waals surface area (Å²) in [6.45, 7) is 6.34. The average molecular weight is 527 g/mol. The van der Waals surface area contributed by atoms with Crippen LogP contribution >= 0.6 is 0 Å². The zero-order chi connectivity index (χ0) is 26.2. The van der Waals surface area contributed by atoms with E-state index in [2.05, 4.69) is 20.4 Å². The normalized spacial score (nSPS) is 23.4. The van der Waals surface area contributed by atoms with Gasteiger partial charge in [0.1, 0.15) is 11.4 Å². The Morgan fingerprint density at radius 1 is 1.03 bits per heavy atom. The van der Waals surface area contributed by atoms with Crippen molar-refractivity contribution in [3.8, 4) is 17.0 Å². The van der Waals surface area contributed by atoms with Gasteiger partial charge in [-0.25, -0.2) is 8.78 Å². The van der Waals surface area contributed by atoms with Crippen LogP contribution in [-0.2, 0) is 10.9 Å². The van der Waals surface area contributed by atoms with Gasteiger partial charge in [0, 0.05) is 50.5 Å². The molecule has 3 aliphatic rings. The Morgan fingerprint density at radius 2 is 1.73 bits per heavy atom. The Labute approximate surface area is 212 Å². The molecule has 0 amide bonds. The van der Waals surface area contributed by atoms with Crippen molar-refractivity contribution in [2.45, 2.75) is 44.8 Å². The molecule has 6 nitrogen and oxygen atoms in total. The van der Waals surface area contributed by atoms with Gasteiger partial charge in [-0.05, 0) is 62.5 Å². The molecule has 1 N–H and O–H groups in total. The predicted octanol–water partition coefficient (Wildman–Crippen LogP) is 5.39. The third kappa shape index (κ3) is 5.82. The summed E-state index contributed by atoms with van der Waals surface area (Å²) in [5.41, 5.74) is -1.86. The minimum atomic E-state index is -4.75. The molecule has 0 bridgehead atoms. The van der Waals surface area contributed by atoms with E-state index in [-0.39, 0.29) is 24.2 Å². The van der Waals surface area contributed by atoms with Crippen molar-refractivity contribution in [2.75, 3.05) is 44.8 Å². The molecule has 2 saturated heterocycles. The maximum absolute atomic E-state index is 14.6. The maximum atomic E-state index is 14.6. The molecule has 2 aromatic rings. The summed E-state index contributed by atoms with van der Waals surface area (Å²) >= 11 is 0. The molecule has 3 heterocycles. The van der Waals surface area contributed by atoms with E-state index in [1.54, 1.807) is 6.92 Å². The number of nitrogens with one attached hydrogen (secondary N) is 1. The molecule has 1 aliphatic carbocycles. The van der Waals surface area contributed by atoms with Gasteiger partial charge < -0.3 is 19.7 Å². The first-order valence-corrected chi connectivity index (χ1v) is 12.8. The lowest BCUT2D eigenvalue weighted by molar-refractivity contribution is -0.137. The second kappa shape index (κ2) is 10.7. The number of ether oxygens (including phenoxy) is 2. The fourth-order valence-corrected chi connectivity index (χ4v) is 5.99. The largest absolute Gasteiger partial charge is 0.491 e. The molecule has 5 rings (SSSR count). The fraction of sp³-hybridized carbons (Fsp3) is 0.615. The van der Waals surface area contributed by atoms with Gasteiger partial charge in [0.2, 0.25) is 0 Å². The minimum absolute atomic E-state index is 0.116. The van der Waals surface area contributed by atoms with E-state index in [1.807, 2.05) is 0 Å². The summed E-state index contributed by atoms with van der Waals surface area (Å²) in [7, 11) is 0. The molecule has 0 spiro atoms. The first-order valence-electron chi connectivity index (χ1n) is 12.8. The summed E-state index contributed by atoms with van der Waals surface area (Å²) in [5, 5.41) is 10.5. The number of aromatic nitrogens is 2. The third-order valence-electron chi connectivity index (χ3n) is 7.72. The van der Waals surface area contributed by atoms with Crippen LogP contribution < -0.4 is 10.1 Å². The van der Waals surface area contributed by atoms with E-state index >= 15 is 0 Å². The molecule has 37 heavy (non-hydrogen) atoms. The highest BCUT2D eigenvalue weighted by molar-refractivity contribution is 5.64. The van der Waals surface area contributed by atoms with Gasteiger partial charge in [-0.15, -0.1) is 10.2 Å². The van der Waals surface area contributed by atoms with E-state index < -0.39 is 34.6 Å². The van der Waals surface area contributed by atoms with Crippen molar-refractivity contribution in [2.24, 2.45) is 17.8 Å². The number of anilines is 1. The standard InChI is InChI=1S/C26H31F5N4O2/c1-2-37-24-11-21(27)19(9-22(24)28)23-10-20(26(29,30)31)25(34-33-23)32-18-7-16-13-35(14-17(16)8-18)12-15-3-5-36-6-4-15/h9-11,15-18H,2-8,12-14H2,1H3,(H,32,34)/t16-,17-/m1/s1. The van der Waals surface area contributed by atoms with E-state index in [4.69, 9.17) is 9.47 Å². The zero-order valence-electron chi connectivity index (χ0n) is 20.7. The van der Waals surface area contributed by atoms with Crippen LogP contribution in [0.1, 0.15) is 38.2 Å². The van der Waals surface area contributed by atoms with E-state index in [0.29, 0.717) is 17.8 Å². The Bertz CT molecular complexity index is 1100. The lowest BCUT2D eigenvalue weighted by Gasteiger charge is -2.28. The smallest absolute Gasteiger partial charge is 0.420 e. The van der Waals surface area contributed by atoms with Gasteiger partial charge in [-0.1, -0.05) is 0 Å². The quantitative estimate of drug-likeness (QED) is 0.489. The molecule has 2 atom stereocenters. The van der Waals surface area contributed by atoms with E-state index in [9.17, 15) is 22.0 Å². The number of halogens is 5. The molecule has 0 unspecified atom stereocenters. The number of likely N-dealkylation sites (tertiary alicyclic amines) is 1. The minimum Gasteiger partial charge on any atom is -0.491 e. The number of nitrogens with zero attached hydrogens (tertiary/aromatic N) is 3. The van der Waals surface area contributed by atoms with Crippen LogP contribution in [0.25, 0.3) is 11.3 Å². The van der Waals surface area contributed by atoms with Gasteiger partial charge in [0.15, 0.2) is 17.4 Å². The molecule has 11 heteroatoms. The van der Waals surface area contributed by atoms with E-state index in [1.165, 1.54) is 0 Å². The third-order valence-corrected chi connectivity index (χ3v) is 7.72. The molecular weight excluding hydrogens is 495 g/mol. The van der Waals surface area contributed by atoms with Crippen molar-refractivity contribution < 1.29 is 31.4 Å². The van der Waals surface area contributed by atoms with Gasteiger partial charge in [-0.2, -0.15) is 13.2 Å². The molecular formula is C26H31F5N4O2. The SMILES string of the molecule is CCOc1cc(F)c(-c2cc(C(F)(F)F)c(NC3C[C@@H]4CN(CC5CCOCC5)C[C@H]4C3)nn2)cc1F. The molecule has 3 fully saturated rings. The van der Waals surface area contributed by atoms with Crippen LogP contribution in [0.15, 0.2) is 18.2 Å². The van der Waals surface area contributed by atoms with Crippen molar-refractivity contribution in [3.63, 3.8) is 0 Å². The number of hydrogen-bond donors (Lipinski definition) is 1. The molecule has 1 saturated carbocycles. The number of alkyl halides is 3. The number of hydrogen-bond acceptors (Lipinski definition) is 6. The highest BCUT2D eigenvalue weighted by Crippen LogP contribution is 2.42. The Hall–Kier alpha value is -2.53. The number of rotatable bonds is 7. The molecule has 0 radical (unpaired) electrons. The highest BCUT2D eigenvalue weighted by atomic mass is 19.4. The molecule has 1 aromatic carbocycles. The summed E-state index contributed by atoms with van der Waals surface area (Å²) in [5.74, 6) is -1.02. The van der Waals surface area contributed by atoms with Gasteiger partial charge >= 0.3 is 6.18 Å². The molecule has 202 valence electrons. The zero-order valence-corrected chi connectivity index (χ0v) is 20.7. The van der Waals surface area contributed by atoms with Crippen molar-refractivity contribution in [1.29, 1.82) is 0 Å². The summed E-state index contributed by atoms with van der Waals surface area (Å²) in [4.78, 5) is 2.49. The van der Waals surface area contributed by atoms with Crippen LogP contribution in [0.3, 0.4) is 0 Å². The lowest BCUT2D eigenvalue weighted by Crippen LogP contribution is -2.32. The van der Waals surface area contributed by atoms with Crippen LogP contribution in [-0.4, -0.2) is 60.6 Å². The summed E-state index contributed by atoms with van der Waals surface area (Å²) in [6.07, 6.45) is -1.07. The first kappa shape index (κ1) is 26.1. The highest BCUT2D eigenvalue weighted by Gasteiger charge is 2.43. The summed E-state index contributed by atoms with van der Waals surface area (Å²) < 4.78 is 81.2. The van der Waals surface area contributed by atoms with Crippen LogP contribution in [0.5, 0.6) is 5.75 Å². The fourth-order valence-electron chi connectivity index (χ4n) is 5.99. The Kier molecular flexibility index (Phi) is 7.53. The van der Waals surface area contributed by atoms with Crippen LogP contribution in [0, 0.1) is 29.4 Å². The van der Waals surface area contributed by atoms with Crippen LogP contribution in [0.4, 0.5) is 27.8 Å². The van der Waals surface area contributed by atoms with Crippen molar-refractivity contribution in [3.05, 3.63) is 35.4 Å². The average Bonchev–Trinajstić information content (AvgIpc) is 3.39. The van der Waals surface area contributed by atoms with E-state index in [0.717, 1.165) is 76.7 Å².